The molecule has 1 rings (SSSR count). The molecule has 2 atom stereocenters. The highest BCUT2D eigenvalue weighted by Gasteiger charge is 2.37. The minimum Gasteiger partial charge on any atom is -0.481 e. The van der Waals surface area contributed by atoms with Gasteiger partial charge in [0.15, 0.2) is 0 Å². The number of carboxylic acid groups (broad SMARTS) is 1. The van der Waals surface area contributed by atoms with Crippen molar-refractivity contribution >= 4 is 13.6 Å². The smallest absolute Gasteiger partial charge is 0.325 e. The minimum atomic E-state index is -4.00. The quantitative estimate of drug-likeness (QED) is 0.544. The predicted octanol–water partition coefficient (Wildman–Crippen LogP) is 1.31. The van der Waals surface area contributed by atoms with Gasteiger partial charge in [-0.05, 0) is 31.6 Å². The van der Waals surface area contributed by atoms with Crippen LogP contribution in [0.1, 0.15) is 44.9 Å². The maximum Gasteiger partial charge on any atom is 0.325 e. The molecular formula is C11H22NO5P. The third-order valence-corrected chi connectivity index (χ3v) is 4.67. The minimum absolute atomic E-state index is 0.0122. The highest BCUT2D eigenvalue weighted by Crippen LogP contribution is 2.42. The zero-order chi connectivity index (χ0) is 13.8. The van der Waals surface area contributed by atoms with Crippen LogP contribution in [0.5, 0.6) is 0 Å². The number of nitrogens with two attached hydrogens (primary N) is 1. The lowest BCUT2D eigenvalue weighted by Crippen LogP contribution is -2.49. The first-order chi connectivity index (χ1) is 8.23. The summed E-state index contributed by atoms with van der Waals surface area (Å²) in [6.07, 6.45) is 4.14. The number of rotatable bonds is 6. The van der Waals surface area contributed by atoms with E-state index in [0.29, 0.717) is 12.8 Å². The first-order valence-corrected chi connectivity index (χ1v) is 8.08. The van der Waals surface area contributed by atoms with Crippen molar-refractivity contribution in [2.45, 2.75) is 50.5 Å². The third kappa shape index (κ3) is 5.06. The lowest BCUT2D eigenvalue weighted by atomic mass is 9.70. The summed E-state index contributed by atoms with van der Waals surface area (Å²) < 4.78 is 10.9. The summed E-state index contributed by atoms with van der Waals surface area (Å²) in [6.45, 7) is 0. The van der Waals surface area contributed by atoms with Gasteiger partial charge in [-0.25, -0.2) is 0 Å². The SMILES string of the molecule is NC1(CCC(=O)O)CCCCC1CCP(=O)(O)O. The zero-order valence-electron chi connectivity index (χ0n) is 10.4. The zero-order valence-corrected chi connectivity index (χ0v) is 11.3. The molecule has 0 heterocycles. The van der Waals surface area contributed by atoms with Gasteiger partial charge in [0.25, 0.3) is 0 Å². The number of hydrogen-bond donors (Lipinski definition) is 4. The maximum absolute atomic E-state index is 10.9. The summed E-state index contributed by atoms with van der Waals surface area (Å²) in [6, 6.07) is 0. The largest absolute Gasteiger partial charge is 0.481 e. The second-order valence-corrected chi connectivity index (χ2v) is 7.02. The Bertz CT molecular complexity index is 342. The Morgan fingerprint density at radius 1 is 1.39 bits per heavy atom. The van der Waals surface area contributed by atoms with Crippen LogP contribution in [-0.4, -0.2) is 32.6 Å². The van der Waals surface area contributed by atoms with Crippen LogP contribution < -0.4 is 5.73 Å². The van der Waals surface area contributed by atoms with Gasteiger partial charge in [-0.1, -0.05) is 12.8 Å². The summed E-state index contributed by atoms with van der Waals surface area (Å²) >= 11 is 0. The molecule has 106 valence electrons. The Labute approximate surface area is 107 Å². The number of carboxylic acids is 1. The molecule has 0 aromatic heterocycles. The second kappa shape index (κ2) is 6.15. The lowest BCUT2D eigenvalue weighted by molar-refractivity contribution is -0.137. The Balaban J connectivity index is 2.60. The molecule has 0 amide bonds. The lowest BCUT2D eigenvalue weighted by Gasteiger charge is -2.41. The van der Waals surface area contributed by atoms with E-state index < -0.39 is 19.1 Å². The van der Waals surface area contributed by atoms with Gasteiger partial charge < -0.3 is 20.6 Å². The van der Waals surface area contributed by atoms with Gasteiger partial charge in [-0.15, -0.1) is 0 Å². The highest BCUT2D eigenvalue weighted by molar-refractivity contribution is 7.51. The van der Waals surface area contributed by atoms with Crippen molar-refractivity contribution in [1.82, 2.24) is 0 Å². The molecule has 0 bridgehead atoms. The topological polar surface area (TPSA) is 121 Å². The third-order valence-electron chi connectivity index (χ3n) is 3.83. The van der Waals surface area contributed by atoms with Crippen molar-refractivity contribution in [2.75, 3.05) is 6.16 Å². The van der Waals surface area contributed by atoms with Crippen molar-refractivity contribution in [3.05, 3.63) is 0 Å². The van der Waals surface area contributed by atoms with Crippen LogP contribution in [0.3, 0.4) is 0 Å². The molecule has 2 unspecified atom stereocenters. The fourth-order valence-corrected chi connectivity index (χ4v) is 3.41. The first-order valence-electron chi connectivity index (χ1n) is 6.28. The Kier molecular flexibility index (Phi) is 5.34. The van der Waals surface area contributed by atoms with Gasteiger partial charge >= 0.3 is 13.6 Å². The van der Waals surface area contributed by atoms with E-state index in [4.69, 9.17) is 20.6 Å². The van der Waals surface area contributed by atoms with Crippen molar-refractivity contribution in [2.24, 2.45) is 11.7 Å². The summed E-state index contributed by atoms with van der Waals surface area (Å²) in [5, 5.41) is 8.72. The first kappa shape index (κ1) is 15.6. The van der Waals surface area contributed by atoms with Gasteiger partial charge in [0.05, 0.1) is 6.16 Å². The van der Waals surface area contributed by atoms with Gasteiger partial charge in [0.2, 0.25) is 0 Å². The van der Waals surface area contributed by atoms with E-state index in [0.717, 1.165) is 25.7 Å². The fourth-order valence-electron chi connectivity index (χ4n) is 2.76. The van der Waals surface area contributed by atoms with Crippen LogP contribution >= 0.6 is 7.60 Å². The molecule has 1 saturated carbocycles. The van der Waals surface area contributed by atoms with Gasteiger partial charge in [-0.3, -0.25) is 9.36 Å². The Hall–Kier alpha value is -0.420. The second-order valence-electron chi connectivity index (χ2n) is 5.25. The fraction of sp³-hybridized carbons (Fsp3) is 0.909. The van der Waals surface area contributed by atoms with E-state index in [-0.39, 0.29) is 18.5 Å². The molecule has 6 nitrogen and oxygen atoms in total. The van der Waals surface area contributed by atoms with E-state index in [1.54, 1.807) is 0 Å². The number of aliphatic carboxylic acids is 1. The van der Waals surface area contributed by atoms with Crippen LogP contribution in [0.2, 0.25) is 0 Å². The average molecular weight is 279 g/mol. The molecular weight excluding hydrogens is 257 g/mol. The molecule has 1 aliphatic carbocycles. The predicted molar refractivity (Wildman–Crippen MR) is 67.3 cm³/mol. The van der Waals surface area contributed by atoms with Gasteiger partial charge in [0.1, 0.15) is 0 Å². The van der Waals surface area contributed by atoms with E-state index in [2.05, 4.69) is 0 Å². The standard InChI is InChI=1S/C11H22NO5P/c12-11(7-4-10(13)14)6-2-1-3-9(11)5-8-18(15,16)17/h9H,1-8,12H2,(H,13,14)(H2,15,16,17). The maximum atomic E-state index is 10.9. The summed E-state index contributed by atoms with van der Waals surface area (Å²) in [5.74, 6) is -0.864. The normalized spacial score (nSPS) is 29.2. The molecule has 0 spiro atoms. The average Bonchev–Trinajstić information content (AvgIpc) is 2.24. The molecule has 7 heteroatoms. The molecule has 0 aromatic carbocycles. The number of hydrogen-bond acceptors (Lipinski definition) is 3. The van der Waals surface area contributed by atoms with Crippen LogP contribution in [0.15, 0.2) is 0 Å². The number of carbonyl (C=O) groups is 1. The summed E-state index contributed by atoms with van der Waals surface area (Å²) in [5.41, 5.74) is 5.69. The molecule has 18 heavy (non-hydrogen) atoms. The molecule has 1 aliphatic rings. The van der Waals surface area contributed by atoms with Gasteiger partial charge in [0, 0.05) is 12.0 Å². The Morgan fingerprint density at radius 3 is 2.61 bits per heavy atom. The van der Waals surface area contributed by atoms with E-state index in [1.807, 2.05) is 0 Å². The van der Waals surface area contributed by atoms with Gasteiger partial charge in [-0.2, -0.15) is 0 Å². The van der Waals surface area contributed by atoms with E-state index in [9.17, 15) is 9.36 Å². The van der Waals surface area contributed by atoms with Crippen molar-refractivity contribution in [3.63, 3.8) is 0 Å². The highest BCUT2D eigenvalue weighted by atomic mass is 31.2. The summed E-state index contributed by atoms with van der Waals surface area (Å²) in [7, 11) is -4.00. The molecule has 1 fully saturated rings. The van der Waals surface area contributed by atoms with Crippen LogP contribution in [0, 0.1) is 5.92 Å². The van der Waals surface area contributed by atoms with Crippen LogP contribution in [0.25, 0.3) is 0 Å². The monoisotopic (exact) mass is 279 g/mol. The molecule has 0 saturated heterocycles. The molecule has 0 aromatic rings. The van der Waals surface area contributed by atoms with E-state index in [1.165, 1.54) is 0 Å². The molecule has 5 N–H and O–H groups in total. The van der Waals surface area contributed by atoms with Crippen molar-refractivity contribution in [1.29, 1.82) is 0 Å². The van der Waals surface area contributed by atoms with Crippen molar-refractivity contribution in [3.8, 4) is 0 Å². The van der Waals surface area contributed by atoms with E-state index >= 15 is 0 Å². The van der Waals surface area contributed by atoms with Crippen LogP contribution in [0.4, 0.5) is 0 Å². The molecule has 0 aliphatic heterocycles. The summed E-state index contributed by atoms with van der Waals surface area (Å²) in [4.78, 5) is 28.5. The van der Waals surface area contributed by atoms with Crippen molar-refractivity contribution < 1.29 is 24.3 Å². The Morgan fingerprint density at radius 2 is 2.06 bits per heavy atom. The van der Waals surface area contributed by atoms with Crippen LogP contribution in [-0.2, 0) is 9.36 Å². The molecule has 0 radical (unpaired) electrons.